The molecular formula is C27H45N6O11PS3. The number of hydrogen-bond donors (Lipinski definition) is 3. The number of sulfonamides is 1. The highest BCUT2D eigenvalue weighted by molar-refractivity contribution is 8.14. The number of thioether (sulfide) groups is 2. The normalized spacial score (nSPS) is 22.4. The highest BCUT2D eigenvalue weighted by atomic mass is 32.2. The molecule has 0 aromatic carbocycles. The van der Waals surface area contributed by atoms with E-state index in [4.69, 9.17) is 18.3 Å². The fourth-order valence-corrected chi connectivity index (χ4v) is 7.79. The van der Waals surface area contributed by atoms with E-state index in [2.05, 4.69) is 19.8 Å². The number of hydrazine groups is 1. The number of fused-ring (bicyclic) bond motifs is 1. The van der Waals surface area contributed by atoms with Crippen LogP contribution in [0.2, 0.25) is 0 Å². The van der Waals surface area contributed by atoms with Gasteiger partial charge in [0.2, 0.25) is 10.0 Å². The molecule has 0 aliphatic carbocycles. The van der Waals surface area contributed by atoms with E-state index in [0.717, 1.165) is 34.8 Å². The van der Waals surface area contributed by atoms with E-state index >= 15 is 0 Å². The first-order valence-electron chi connectivity index (χ1n) is 14.8. The number of nitrogens with one attached hydrogen (secondary N) is 1. The zero-order chi connectivity index (χ0) is 36.3. The van der Waals surface area contributed by atoms with E-state index in [1.165, 1.54) is 31.2 Å². The van der Waals surface area contributed by atoms with Gasteiger partial charge in [0.15, 0.2) is 33.4 Å². The molecule has 1 fully saturated rings. The first-order valence-corrected chi connectivity index (χ1v) is 20.1. The molecule has 2 aromatic heterocycles. The number of carbonyl (C=O) groups excluding carboxylic acids is 2. The molecule has 2 aromatic rings. The molecule has 1 aliphatic rings. The fraction of sp³-hybridized carbons (Fsp3) is 0.741. The number of aromatic nitrogens is 4. The van der Waals surface area contributed by atoms with Crippen LogP contribution in [0.1, 0.15) is 54.7 Å². The Bertz CT molecular complexity index is 1570. The number of anilines is 1. The molecule has 0 bridgehead atoms. The summed E-state index contributed by atoms with van der Waals surface area (Å²) < 4.78 is 61.1. The number of rotatable bonds is 15. The third kappa shape index (κ3) is 10.6. The van der Waals surface area contributed by atoms with Gasteiger partial charge in [-0.05, 0) is 6.92 Å². The Hall–Kier alpha value is -1.71. The van der Waals surface area contributed by atoms with Crippen LogP contribution in [0.25, 0.3) is 11.2 Å². The van der Waals surface area contributed by atoms with Gasteiger partial charge >= 0.3 is 7.82 Å². The van der Waals surface area contributed by atoms with Crippen LogP contribution in [0, 0.1) is 10.8 Å². The second-order valence-electron chi connectivity index (χ2n) is 13.3. The molecule has 1 aliphatic heterocycles. The van der Waals surface area contributed by atoms with Crippen molar-refractivity contribution in [2.24, 2.45) is 10.8 Å². The molecule has 17 nitrogen and oxygen atoms in total. The quantitative estimate of drug-likeness (QED) is 0.135. The predicted octanol–water partition coefficient (Wildman–Crippen LogP) is 2.51. The molecule has 0 saturated carbocycles. The molecule has 3 N–H and O–H groups in total. The average molecular weight is 757 g/mol. The van der Waals surface area contributed by atoms with Crippen molar-refractivity contribution in [2.45, 2.75) is 72.5 Å². The van der Waals surface area contributed by atoms with Crippen LogP contribution in [0.5, 0.6) is 0 Å². The van der Waals surface area contributed by atoms with Crippen LogP contribution >= 0.6 is 31.3 Å². The lowest BCUT2D eigenvalue weighted by Gasteiger charge is -2.27. The number of nitrogens with zero attached hydrogens (tertiary/aromatic N) is 5. The maximum absolute atomic E-state index is 13.7. The van der Waals surface area contributed by atoms with Crippen LogP contribution in [0.3, 0.4) is 0 Å². The molecule has 0 amide bonds. The maximum atomic E-state index is 13.7. The smallest absolute Gasteiger partial charge is 0.387 e. The second-order valence-corrected chi connectivity index (χ2v) is 18.9. The molecule has 272 valence electrons. The van der Waals surface area contributed by atoms with Crippen molar-refractivity contribution in [3.05, 3.63) is 12.7 Å². The number of ether oxygens (including phenoxy) is 1. The minimum atomic E-state index is -4.32. The summed E-state index contributed by atoms with van der Waals surface area (Å²) in [7, 11) is -6.54. The summed E-state index contributed by atoms with van der Waals surface area (Å²) >= 11 is 2.02. The van der Waals surface area contributed by atoms with Gasteiger partial charge in [-0.3, -0.25) is 32.7 Å². The molecule has 3 heterocycles. The topological polar surface area (TPSA) is 222 Å². The van der Waals surface area contributed by atoms with Gasteiger partial charge in [0.05, 0.1) is 32.4 Å². The van der Waals surface area contributed by atoms with Gasteiger partial charge < -0.3 is 14.9 Å². The summed E-state index contributed by atoms with van der Waals surface area (Å²) in [6.07, 6.45) is -0.651. The Morgan fingerprint density at radius 3 is 2.10 bits per heavy atom. The average Bonchev–Trinajstić information content (AvgIpc) is 3.48. The number of phosphoric acid groups is 1. The second kappa shape index (κ2) is 15.7. The van der Waals surface area contributed by atoms with Crippen LogP contribution in [-0.2, 0) is 42.5 Å². The number of imidazole rings is 1. The Balaban J connectivity index is 1.75. The number of phosphoric ester groups is 1. The zero-order valence-corrected chi connectivity index (χ0v) is 31.7. The van der Waals surface area contributed by atoms with Crippen molar-refractivity contribution >= 4 is 68.6 Å². The first-order chi connectivity index (χ1) is 22.0. The Morgan fingerprint density at radius 2 is 1.60 bits per heavy atom. The third-order valence-electron chi connectivity index (χ3n) is 6.72. The summed E-state index contributed by atoms with van der Waals surface area (Å²) in [6.45, 7) is 11.1. The van der Waals surface area contributed by atoms with Gasteiger partial charge in [0.1, 0.15) is 24.1 Å². The highest BCUT2D eigenvalue weighted by Crippen LogP contribution is 2.51. The first kappa shape index (κ1) is 40.7. The fourth-order valence-electron chi connectivity index (χ4n) is 4.20. The Labute approximate surface area is 288 Å². The third-order valence-corrected chi connectivity index (χ3v) is 11.3. The Morgan fingerprint density at radius 1 is 1.06 bits per heavy atom. The molecule has 3 rings (SSSR count). The van der Waals surface area contributed by atoms with Crippen molar-refractivity contribution in [2.75, 3.05) is 49.6 Å². The van der Waals surface area contributed by atoms with E-state index in [1.807, 2.05) is 0 Å². The molecule has 48 heavy (non-hydrogen) atoms. The van der Waals surface area contributed by atoms with Crippen molar-refractivity contribution in [3.8, 4) is 0 Å². The minimum absolute atomic E-state index is 0.0849. The monoisotopic (exact) mass is 756 g/mol. The van der Waals surface area contributed by atoms with E-state index in [-0.39, 0.29) is 51.9 Å². The van der Waals surface area contributed by atoms with E-state index in [0.29, 0.717) is 0 Å². The summed E-state index contributed by atoms with van der Waals surface area (Å²) in [5.41, 5.74) is -2.79. The van der Waals surface area contributed by atoms with Crippen LogP contribution < -0.4 is 9.84 Å². The molecule has 0 unspecified atom stereocenters. The van der Waals surface area contributed by atoms with Gasteiger partial charge in [-0.1, -0.05) is 65.1 Å². The zero-order valence-electron chi connectivity index (χ0n) is 28.4. The highest BCUT2D eigenvalue weighted by Gasteiger charge is 2.54. The van der Waals surface area contributed by atoms with E-state index in [9.17, 15) is 32.8 Å². The molecule has 21 heteroatoms. The van der Waals surface area contributed by atoms with Crippen molar-refractivity contribution in [1.82, 2.24) is 24.4 Å². The largest absolute Gasteiger partial charge is 0.474 e. The van der Waals surface area contributed by atoms with Crippen molar-refractivity contribution in [1.29, 1.82) is 0 Å². The predicted molar refractivity (Wildman–Crippen MR) is 182 cm³/mol. The van der Waals surface area contributed by atoms with Crippen LogP contribution in [0.15, 0.2) is 12.7 Å². The van der Waals surface area contributed by atoms with Crippen LogP contribution in [0.4, 0.5) is 5.82 Å². The summed E-state index contributed by atoms with van der Waals surface area (Å²) in [5, 5.41) is 23.4. The summed E-state index contributed by atoms with van der Waals surface area (Å²) in [5.74, 6) is 0.438. The molecule has 0 spiro atoms. The number of aliphatic hydroxyl groups is 2. The molecular weight excluding hydrogens is 712 g/mol. The number of carbonyl (C=O) groups is 2. The van der Waals surface area contributed by atoms with Gasteiger partial charge in [-0.2, -0.15) is 0 Å². The van der Waals surface area contributed by atoms with E-state index < -0.39 is 59.3 Å². The maximum Gasteiger partial charge on any atom is 0.474 e. The van der Waals surface area contributed by atoms with Gasteiger partial charge in [0, 0.05) is 29.4 Å². The number of aliphatic hydroxyl groups excluding tert-OH is 1. The van der Waals surface area contributed by atoms with Crippen molar-refractivity contribution in [3.63, 3.8) is 0 Å². The molecule has 1 saturated heterocycles. The van der Waals surface area contributed by atoms with E-state index in [1.54, 1.807) is 41.5 Å². The lowest BCUT2D eigenvalue weighted by molar-refractivity contribution is -0.118. The summed E-state index contributed by atoms with van der Waals surface area (Å²) in [4.78, 5) is 39.4. The number of hydrogen-bond acceptors (Lipinski definition) is 17. The Kier molecular flexibility index (Phi) is 13.3. The lowest BCUT2D eigenvalue weighted by atomic mass is 9.96. The minimum Gasteiger partial charge on any atom is -0.387 e. The van der Waals surface area contributed by atoms with Gasteiger partial charge in [-0.25, -0.2) is 27.9 Å². The van der Waals surface area contributed by atoms with Gasteiger partial charge in [-0.15, -0.1) is 4.83 Å². The molecule has 4 atom stereocenters. The SMILES string of the molecule is CN(NS(C)(=O)=O)c1ncnc2c1ncn2[C@@H]1O[C@H](COP(=O)(OCCSC(=O)C(C)(C)C)OCCSC(=O)C(C)(C)C)[C@@H](O)[C@@]1(C)O. The van der Waals surface area contributed by atoms with Crippen molar-refractivity contribution < 1.29 is 51.1 Å². The summed E-state index contributed by atoms with van der Waals surface area (Å²) in [6, 6.07) is 0. The molecule has 0 radical (unpaired) electrons. The standard InChI is InChI=1S/C27H45N6O11PS3/c1-25(2,3)23(35)46-12-10-41-45(38,42-11-13-47-24(36)26(4,5)6)43-14-17-19(34)27(7,37)22(44-17)33-16-30-18-20(28-15-29-21(18)33)32(8)31-48(9,39)40/h15-17,19,22,31,34,37H,10-14H2,1-9H3/t17-,19-,22-,27-/m1/s1. The lowest BCUT2D eigenvalue weighted by Crippen LogP contribution is -2.44. The van der Waals surface area contributed by atoms with Crippen LogP contribution in [-0.4, -0.2) is 111 Å². The van der Waals surface area contributed by atoms with Gasteiger partial charge in [0.25, 0.3) is 0 Å².